The Morgan fingerprint density at radius 3 is 2.29 bits per heavy atom. The second-order valence-corrected chi connectivity index (χ2v) is 12.9. The van der Waals surface area contributed by atoms with Crippen molar-refractivity contribution in [1.82, 2.24) is 20.5 Å². The smallest absolute Gasteiger partial charge is 0.251 e. The molecule has 0 radical (unpaired) electrons. The first-order valence-corrected chi connectivity index (χ1v) is 16.3. The maximum absolute atomic E-state index is 13.4. The van der Waals surface area contributed by atoms with Gasteiger partial charge in [-0.15, -0.1) is 21.5 Å². The Balaban J connectivity index is 0.000000377. The Morgan fingerprint density at radius 1 is 0.978 bits per heavy atom. The van der Waals surface area contributed by atoms with E-state index in [-0.39, 0.29) is 11.7 Å². The Kier molecular flexibility index (Phi) is 10.5. The molecule has 3 N–H and O–H groups in total. The number of hydrogen-bond donors (Lipinski definition) is 2. The number of nitrogens with one attached hydrogen (secondary N) is 1. The molecule has 0 fully saturated rings. The summed E-state index contributed by atoms with van der Waals surface area (Å²) in [6.07, 6.45) is 5.71. The zero-order valence-electron chi connectivity index (χ0n) is 26.3. The van der Waals surface area contributed by atoms with Crippen molar-refractivity contribution < 1.29 is 13.6 Å². The van der Waals surface area contributed by atoms with E-state index in [9.17, 15) is 9.18 Å². The monoisotopic (exact) mass is 625 g/mol. The van der Waals surface area contributed by atoms with Crippen LogP contribution in [-0.2, 0) is 38.6 Å². The molecule has 0 spiro atoms. The van der Waals surface area contributed by atoms with Crippen molar-refractivity contribution in [2.75, 3.05) is 7.05 Å². The Morgan fingerprint density at radius 2 is 1.69 bits per heavy atom. The van der Waals surface area contributed by atoms with E-state index in [1.54, 1.807) is 41.5 Å². The molecule has 0 aliphatic heterocycles. The highest BCUT2D eigenvalue weighted by Gasteiger charge is 2.29. The summed E-state index contributed by atoms with van der Waals surface area (Å²) >= 11 is 1.58. The number of rotatable bonds is 10. The molecule has 3 aromatic heterocycles. The summed E-state index contributed by atoms with van der Waals surface area (Å²) in [6, 6.07) is 19.2. The Hall–Kier alpha value is -4.21. The number of amides is 1. The maximum atomic E-state index is 13.4. The zero-order valence-corrected chi connectivity index (χ0v) is 27.1. The number of carbonyl (C=O) groups is 1. The molecular weight excluding hydrogens is 585 g/mol. The first-order valence-electron chi connectivity index (χ1n) is 15.4. The Labute approximate surface area is 268 Å². The van der Waals surface area contributed by atoms with Crippen molar-refractivity contribution in [3.05, 3.63) is 111 Å². The minimum atomic E-state index is -0.542. The number of benzene rings is 2. The number of carbonyl (C=O) groups excluding carboxylic acids is 1. The standard InChI is InChI=1S/C27H30FN5O2S.C9H10/c1-15(2)13-21-23(26(29)34)25(22-12-10-19(36-22)14-30-4)24(27-33-32-16(3)35-27)20(31-21)11-7-17-5-8-18(28)9-6-17;1-2-5-9-7-3-6-8(9)4-1/h5-6,8-10,12,15,30H,7,11,13-14H2,1-4H3,(H2,29,34);1-2,4-5H,3,6-7H2. The van der Waals surface area contributed by atoms with Crippen LogP contribution in [0.2, 0.25) is 0 Å². The normalized spacial score (nSPS) is 12.2. The number of fused-ring (bicyclic) bond motifs is 1. The molecule has 9 heteroatoms. The minimum Gasteiger partial charge on any atom is -0.421 e. The van der Waals surface area contributed by atoms with Crippen molar-refractivity contribution in [2.24, 2.45) is 11.7 Å². The minimum absolute atomic E-state index is 0.257. The highest BCUT2D eigenvalue weighted by atomic mass is 32.1. The van der Waals surface area contributed by atoms with Crippen LogP contribution in [0.5, 0.6) is 0 Å². The van der Waals surface area contributed by atoms with Gasteiger partial charge in [-0.3, -0.25) is 9.78 Å². The van der Waals surface area contributed by atoms with Gasteiger partial charge in [0.15, 0.2) is 0 Å². The first-order chi connectivity index (χ1) is 21.7. The van der Waals surface area contributed by atoms with E-state index in [1.807, 2.05) is 19.2 Å². The van der Waals surface area contributed by atoms with Crippen molar-refractivity contribution >= 4 is 17.2 Å². The quantitative estimate of drug-likeness (QED) is 0.169. The Bertz CT molecular complexity index is 1740. The number of nitrogens with two attached hydrogens (primary N) is 1. The highest BCUT2D eigenvalue weighted by Crippen LogP contribution is 2.41. The summed E-state index contributed by atoms with van der Waals surface area (Å²) in [5.74, 6) is 0.147. The fourth-order valence-electron chi connectivity index (χ4n) is 5.75. The van der Waals surface area contributed by atoms with Crippen LogP contribution in [0.15, 0.2) is 65.1 Å². The average molecular weight is 626 g/mol. The van der Waals surface area contributed by atoms with Gasteiger partial charge < -0.3 is 15.5 Å². The molecule has 234 valence electrons. The van der Waals surface area contributed by atoms with Crippen LogP contribution in [0.3, 0.4) is 0 Å². The van der Waals surface area contributed by atoms with Gasteiger partial charge in [-0.1, -0.05) is 50.2 Å². The molecule has 0 bridgehead atoms. The lowest BCUT2D eigenvalue weighted by atomic mass is 9.91. The van der Waals surface area contributed by atoms with E-state index in [1.165, 1.54) is 31.4 Å². The zero-order chi connectivity index (χ0) is 31.9. The predicted molar refractivity (Wildman–Crippen MR) is 178 cm³/mol. The lowest BCUT2D eigenvalue weighted by Crippen LogP contribution is -2.20. The molecule has 0 saturated carbocycles. The van der Waals surface area contributed by atoms with Gasteiger partial charge in [0.2, 0.25) is 11.8 Å². The SMILES string of the molecule is CNCc1ccc(-c2c(C(N)=O)c(CC(C)C)nc(CCc3ccc(F)cc3)c2-c2nnc(C)o2)s1.c1ccc2c(c1)CCC2. The van der Waals surface area contributed by atoms with Crippen molar-refractivity contribution in [3.63, 3.8) is 0 Å². The average Bonchev–Trinajstić information content (AvgIpc) is 3.78. The molecule has 0 atom stereocenters. The van der Waals surface area contributed by atoms with Crippen LogP contribution in [0, 0.1) is 18.7 Å². The van der Waals surface area contributed by atoms with E-state index in [2.05, 4.69) is 53.6 Å². The van der Waals surface area contributed by atoms with E-state index in [0.717, 1.165) is 21.0 Å². The third-order valence-corrected chi connectivity index (χ3v) is 8.87. The lowest BCUT2D eigenvalue weighted by Gasteiger charge is -2.19. The number of halogens is 1. The second kappa shape index (κ2) is 14.7. The molecule has 1 amide bonds. The number of aryl methyl sites for hydroxylation is 5. The van der Waals surface area contributed by atoms with Gasteiger partial charge in [0, 0.05) is 28.8 Å². The number of pyridine rings is 1. The molecule has 1 aliphatic carbocycles. The van der Waals surface area contributed by atoms with Gasteiger partial charge in [-0.2, -0.15) is 0 Å². The molecule has 1 aliphatic rings. The van der Waals surface area contributed by atoms with Gasteiger partial charge in [0.25, 0.3) is 5.91 Å². The van der Waals surface area contributed by atoms with Crippen LogP contribution in [0.1, 0.15) is 69.5 Å². The largest absolute Gasteiger partial charge is 0.421 e. The van der Waals surface area contributed by atoms with E-state index in [0.29, 0.717) is 60.0 Å². The fraction of sp³-hybridized carbons (Fsp3) is 0.333. The van der Waals surface area contributed by atoms with Gasteiger partial charge >= 0.3 is 0 Å². The molecule has 7 nitrogen and oxygen atoms in total. The number of hydrogen-bond acceptors (Lipinski definition) is 7. The third kappa shape index (κ3) is 7.90. The molecule has 0 saturated heterocycles. The van der Waals surface area contributed by atoms with Crippen molar-refractivity contribution in [3.8, 4) is 21.9 Å². The van der Waals surface area contributed by atoms with E-state index >= 15 is 0 Å². The van der Waals surface area contributed by atoms with Crippen LogP contribution < -0.4 is 11.1 Å². The molecule has 5 aromatic rings. The number of thiophene rings is 1. The lowest BCUT2D eigenvalue weighted by molar-refractivity contribution is 0.0999. The van der Waals surface area contributed by atoms with E-state index < -0.39 is 5.91 Å². The summed E-state index contributed by atoms with van der Waals surface area (Å²) in [4.78, 5) is 19.9. The summed E-state index contributed by atoms with van der Waals surface area (Å²) in [5.41, 5.74) is 13.2. The highest BCUT2D eigenvalue weighted by molar-refractivity contribution is 7.15. The van der Waals surface area contributed by atoms with Crippen LogP contribution in [-0.4, -0.2) is 28.1 Å². The first kappa shape index (κ1) is 32.2. The second-order valence-electron chi connectivity index (χ2n) is 11.8. The van der Waals surface area contributed by atoms with Gasteiger partial charge in [-0.05, 0) is 92.4 Å². The molecule has 3 heterocycles. The summed E-state index contributed by atoms with van der Waals surface area (Å²) in [6.45, 7) is 6.58. The van der Waals surface area contributed by atoms with Gasteiger partial charge in [-0.25, -0.2) is 4.39 Å². The van der Waals surface area contributed by atoms with Crippen molar-refractivity contribution in [2.45, 2.75) is 65.8 Å². The van der Waals surface area contributed by atoms with Gasteiger partial charge in [0.1, 0.15) is 5.82 Å². The molecule has 6 rings (SSSR count). The summed E-state index contributed by atoms with van der Waals surface area (Å²) < 4.78 is 19.3. The summed E-state index contributed by atoms with van der Waals surface area (Å²) in [5, 5.41) is 11.5. The number of primary amides is 1. The maximum Gasteiger partial charge on any atom is 0.251 e. The van der Waals surface area contributed by atoms with E-state index in [4.69, 9.17) is 15.1 Å². The molecular formula is C36H40FN5O2S. The summed E-state index contributed by atoms with van der Waals surface area (Å²) in [7, 11) is 1.89. The molecule has 2 aromatic carbocycles. The van der Waals surface area contributed by atoms with Crippen LogP contribution >= 0.6 is 11.3 Å². The van der Waals surface area contributed by atoms with Crippen LogP contribution in [0.25, 0.3) is 21.9 Å². The topological polar surface area (TPSA) is 107 Å². The van der Waals surface area contributed by atoms with Crippen LogP contribution in [0.4, 0.5) is 4.39 Å². The number of nitrogens with zero attached hydrogens (tertiary/aromatic N) is 3. The predicted octanol–water partition coefficient (Wildman–Crippen LogP) is 7.28. The molecule has 0 unspecified atom stereocenters. The fourth-order valence-corrected chi connectivity index (χ4v) is 6.83. The van der Waals surface area contributed by atoms with Crippen molar-refractivity contribution in [1.29, 1.82) is 0 Å². The third-order valence-electron chi connectivity index (χ3n) is 7.77. The van der Waals surface area contributed by atoms with Gasteiger partial charge in [0.05, 0.1) is 22.5 Å². The number of aromatic nitrogens is 3. The molecule has 45 heavy (non-hydrogen) atoms.